The summed E-state index contributed by atoms with van der Waals surface area (Å²) in [6, 6.07) is 0. The van der Waals surface area contributed by atoms with Crippen LogP contribution < -0.4 is 69.3 Å². The molecule has 0 N–H and O–H groups in total. The molecule has 0 aromatic heterocycles. The monoisotopic (exact) mass is 244 g/mol. The summed E-state index contributed by atoms with van der Waals surface area (Å²) in [6.07, 6.45) is 0.681. The van der Waals surface area contributed by atoms with Gasteiger partial charge in [-0.2, -0.15) is 0 Å². The summed E-state index contributed by atoms with van der Waals surface area (Å²) in [7, 11) is 0. The molecule has 4 nitrogen and oxygen atoms in total. The van der Waals surface area contributed by atoms with Crippen LogP contribution in [0.25, 0.3) is 0 Å². The van der Waals surface area contributed by atoms with Crippen LogP contribution in [0.2, 0.25) is 0 Å². The van der Waals surface area contributed by atoms with Crippen LogP contribution in [0, 0.1) is 16.7 Å². The second kappa shape index (κ2) is 6.21. The summed E-state index contributed by atoms with van der Waals surface area (Å²) in [5, 5.41) is 21.8. The van der Waals surface area contributed by atoms with E-state index in [1.165, 1.54) is 0 Å². The standard InChI is InChI=1S/C10H16O4.2Na/c1-9(2)6(7(11)12)4-5-10(9,3)8(13)14;;/h6H,4-5H2,1-3H3,(H,11,12)(H,13,14);;/q;2*+1/p-2/t6-,10+;;/m1../s1. The summed E-state index contributed by atoms with van der Waals surface area (Å²) in [6.45, 7) is 4.85. The van der Waals surface area contributed by atoms with E-state index < -0.39 is 28.7 Å². The molecule has 1 rings (SSSR count). The largest absolute Gasteiger partial charge is 1.00 e. The number of carboxylic acid groups (broad SMARTS) is 2. The summed E-state index contributed by atoms with van der Waals surface area (Å²) >= 11 is 0. The van der Waals surface area contributed by atoms with Gasteiger partial charge in [0, 0.05) is 23.3 Å². The number of carboxylic acids is 2. The molecule has 0 heterocycles. The first-order valence-electron chi connectivity index (χ1n) is 4.66. The van der Waals surface area contributed by atoms with E-state index in [4.69, 9.17) is 0 Å². The summed E-state index contributed by atoms with van der Waals surface area (Å²) in [5.74, 6) is -3.04. The number of carbonyl (C=O) groups is 2. The van der Waals surface area contributed by atoms with Gasteiger partial charge in [-0.1, -0.05) is 20.8 Å². The molecule has 1 fully saturated rings. The molecular weight excluding hydrogens is 230 g/mol. The summed E-state index contributed by atoms with van der Waals surface area (Å²) in [5.41, 5.74) is -1.89. The van der Waals surface area contributed by atoms with Crippen LogP contribution in [0.1, 0.15) is 33.6 Å². The molecule has 1 saturated carbocycles. The summed E-state index contributed by atoms with van der Waals surface area (Å²) < 4.78 is 0. The molecule has 0 saturated heterocycles. The first-order valence-corrected chi connectivity index (χ1v) is 4.66. The zero-order chi connectivity index (χ0) is 11.1. The van der Waals surface area contributed by atoms with Gasteiger partial charge < -0.3 is 19.8 Å². The first-order chi connectivity index (χ1) is 6.23. The molecule has 0 aliphatic heterocycles. The molecule has 0 amide bonds. The minimum Gasteiger partial charge on any atom is -0.550 e. The number of hydrogen-bond acceptors (Lipinski definition) is 4. The van der Waals surface area contributed by atoms with Gasteiger partial charge in [-0.05, 0) is 18.3 Å². The van der Waals surface area contributed by atoms with Gasteiger partial charge in [0.2, 0.25) is 0 Å². The quantitative estimate of drug-likeness (QED) is 0.452. The van der Waals surface area contributed by atoms with E-state index in [9.17, 15) is 19.8 Å². The van der Waals surface area contributed by atoms with Gasteiger partial charge in [-0.15, -0.1) is 0 Å². The van der Waals surface area contributed by atoms with Crippen LogP contribution in [0.5, 0.6) is 0 Å². The van der Waals surface area contributed by atoms with Crippen molar-refractivity contribution >= 4 is 11.9 Å². The molecule has 1 aliphatic carbocycles. The number of rotatable bonds is 2. The van der Waals surface area contributed by atoms with E-state index >= 15 is 0 Å². The number of hydrogen-bond donors (Lipinski definition) is 0. The molecular formula is C10H14Na2O4. The Kier molecular flexibility index (Phi) is 7.48. The minimum atomic E-state index is -1.17. The third kappa shape index (κ3) is 2.85. The van der Waals surface area contributed by atoms with Gasteiger partial charge in [-0.25, -0.2) is 0 Å². The van der Waals surface area contributed by atoms with Crippen molar-refractivity contribution in [3.63, 3.8) is 0 Å². The fourth-order valence-electron chi connectivity index (χ4n) is 2.28. The Morgan fingerprint density at radius 3 is 1.75 bits per heavy atom. The van der Waals surface area contributed by atoms with Crippen LogP contribution in [-0.2, 0) is 9.59 Å². The molecule has 0 unspecified atom stereocenters. The molecule has 0 aromatic rings. The van der Waals surface area contributed by atoms with E-state index in [0.717, 1.165) is 0 Å². The Hall–Kier alpha value is 0.940. The SMILES string of the molecule is CC1(C)[C@@H](C(=O)[O-])CC[C@@]1(C)C(=O)[O-].[Na+].[Na+]. The average Bonchev–Trinajstić information content (AvgIpc) is 2.24. The zero-order valence-electron chi connectivity index (χ0n) is 10.6. The first kappa shape index (κ1) is 19.3. The van der Waals surface area contributed by atoms with Gasteiger partial charge in [0.15, 0.2) is 0 Å². The fourth-order valence-corrected chi connectivity index (χ4v) is 2.28. The molecule has 1 aliphatic rings. The third-order valence-electron chi connectivity index (χ3n) is 3.96. The van der Waals surface area contributed by atoms with Crippen LogP contribution >= 0.6 is 0 Å². The zero-order valence-corrected chi connectivity index (χ0v) is 14.6. The van der Waals surface area contributed by atoms with E-state index in [1.807, 2.05) is 0 Å². The smallest absolute Gasteiger partial charge is 0.550 e. The predicted molar refractivity (Wildman–Crippen MR) is 44.6 cm³/mol. The van der Waals surface area contributed by atoms with Crippen LogP contribution in [0.15, 0.2) is 0 Å². The molecule has 6 heteroatoms. The molecule has 0 spiro atoms. The minimum absolute atomic E-state index is 0. The van der Waals surface area contributed by atoms with Crippen molar-refractivity contribution in [2.24, 2.45) is 16.7 Å². The molecule has 0 radical (unpaired) electrons. The second-order valence-corrected chi connectivity index (χ2v) is 4.75. The van der Waals surface area contributed by atoms with E-state index in [0.29, 0.717) is 12.8 Å². The maximum absolute atomic E-state index is 11.0. The normalized spacial score (nSPS) is 31.1. The van der Waals surface area contributed by atoms with E-state index in [-0.39, 0.29) is 59.1 Å². The van der Waals surface area contributed by atoms with Gasteiger partial charge in [0.25, 0.3) is 0 Å². The Bertz CT molecular complexity index is 291. The van der Waals surface area contributed by atoms with Crippen molar-refractivity contribution in [2.45, 2.75) is 33.6 Å². The van der Waals surface area contributed by atoms with Crippen molar-refractivity contribution < 1.29 is 78.9 Å². The Morgan fingerprint density at radius 2 is 1.56 bits per heavy atom. The van der Waals surface area contributed by atoms with E-state index in [2.05, 4.69) is 0 Å². The predicted octanol–water partition coefficient (Wildman–Crippen LogP) is -7.06. The third-order valence-corrected chi connectivity index (χ3v) is 3.96. The summed E-state index contributed by atoms with van der Waals surface area (Å²) in [4.78, 5) is 21.8. The van der Waals surface area contributed by atoms with Gasteiger partial charge in [0.1, 0.15) is 0 Å². The molecule has 0 aromatic carbocycles. The van der Waals surface area contributed by atoms with Gasteiger partial charge in [-0.3, -0.25) is 0 Å². The topological polar surface area (TPSA) is 80.3 Å². The molecule has 80 valence electrons. The molecule has 0 bridgehead atoms. The van der Waals surface area contributed by atoms with Crippen LogP contribution in [-0.4, -0.2) is 11.9 Å². The van der Waals surface area contributed by atoms with Crippen LogP contribution in [0.4, 0.5) is 0 Å². The average molecular weight is 244 g/mol. The molecule has 16 heavy (non-hydrogen) atoms. The Labute approximate surface area is 140 Å². The second-order valence-electron chi connectivity index (χ2n) is 4.75. The van der Waals surface area contributed by atoms with Gasteiger partial charge in [0.05, 0.1) is 0 Å². The Morgan fingerprint density at radius 1 is 1.12 bits per heavy atom. The van der Waals surface area contributed by atoms with Crippen molar-refractivity contribution in [2.75, 3.05) is 0 Å². The van der Waals surface area contributed by atoms with E-state index in [1.54, 1.807) is 20.8 Å². The van der Waals surface area contributed by atoms with Gasteiger partial charge >= 0.3 is 59.1 Å². The van der Waals surface area contributed by atoms with Crippen molar-refractivity contribution in [3.05, 3.63) is 0 Å². The molecule has 2 atom stereocenters. The van der Waals surface area contributed by atoms with Crippen molar-refractivity contribution in [3.8, 4) is 0 Å². The Balaban J connectivity index is 0. The fraction of sp³-hybridized carbons (Fsp3) is 0.800. The van der Waals surface area contributed by atoms with Crippen molar-refractivity contribution in [1.82, 2.24) is 0 Å². The maximum Gasteiger partial charge on any atom is 1.00 e. The van der Waals surface area contributed by atoms with Crippen molar-refractivity contribution in [1.29, 1.82) is 0 Å². The number of carbonyl (C=O) groups excluding carboxylic acids is 2. The van der Waals surface area contributed by atoms with Crippen LogP contribution in [0.3, 0.4) is 0 Å². The number of aliphatic carboxylic acids is 2. The maximum atomic E-state index is 11.0.